The lowest BCUT2D eigenvalue weighted by Gasteiger charge is -2.09. The Labute approximate surface area is 170 Å². The molecule has 0 spiro atoms. The fraction of sp³-hybridized carbons (Fsp3) is 0.474. The normalized spacial score (nSPS) is 13.6. The van der Waals surface area contributed by atoms with Crippen LogP contribution >= 0.6 is 11.3 Å². The van der Waals surface area contributed by atoms with Crippen LogP contribution in [0.5, 0.6) is 0 Å². The van der Waals surface area contributed by atoms with E-state index in [1.165, 1.54) is 17.7 Å². The predicted octanol–water partition coefficient (Wildman–Crippen LogP) is 4.09. The molecule has 156 valence electrons. The molecule has 0 radical (unpaired) electrons. The van der Waals surface area contributed by atoms with Gasteiger partial charge in [-0.15, -0.1) is 11.3 Å². The summed E-state index contributed by atoms with van der Waals surface area (Å²) in [5.74, 6) is -1.27. The Balaban J connectivity index is 1.85. The van der Waals surface area contributed by atoms with Gasteiger partial charge in [-0.2, -0.15) is 5.10 Å². The average Bonchev–Trinajstić information content (AvgIpc) is 3.31. The maximum atomic E-state index is 13.0. The summed E-state index contributed by atoms with van der Waals surface area (Å²) in [4.78, 5) is 37.1. The van der Waals surface area contributed by atoms with Crippen molar-refractivity contribution >= 4 is 34.0 Å². The van der Waals surface area contributed by atoms with E-state index < -0.39 is 18.3 Å². The van der Waals surface area contributed by atoms with E-state index in [4.69, 9.17) is 4.74 Å². The first-order valence-electron chi connectivity index (χ1n) is 9.20. The Morgan fingerprint density at radius 3 is 2.62 bits per heavy atom. The molecule has 0 aliphatic heterocycles. The van der Waals surface area contributed by atoms with Crippen molar-refractivity contribution in [2.75, 3.05) is 11.9 Å². The number of hydrogen-bond acceptors (Lipinski definition) is 6. The Bertz CT molecular complexity index is 963. The van der Waals surface area contributed by atoms with E-state index in [0.29, 0.717) is 16.1 Å². The maximum absolute atomic E-state index is 13.0. The molecule has 1 fully saturated rings. The van der Waals surface area contributed by atoms with Crippen LogP contribution in [0.3, 0.4) is 0 Å². The monoisotopic (exact) mass is 425 g/mol. The molecule has 1 N–H and O–H groups in total. The average molecular weight is 425 g/mol. The molecule has 0 atom stereocenters. The van der Waals surface area contributed by atoms with Crippen molar-refractivity contribution in [3.8, 4) is 0 Å². The largest absolute Gasteiger partial charge is 0.462 e. The number of esters is 1. The van der Waals surface area contributed by atoms with Crippen LogP contribution in [-0.4, -0.2) is 34.0 Å². The molecule has 1 aliphatic rings. The number of ketones is 1. The fourth-order valence-electron chi connectivity index (χ4n) is 3.08. The molecule has 0 aromatic carbocycles. The lowest BCUT2D eigenvalue weighted by molar-refractivity contribution is -0.116. The molecule has 1 aliphatic carbocycles. The summed E-state index contributed by atoms with van der Waals surface area (Å²) in [5, 5.41) is 6.67. The van der Waals surface area contributed by atoms with Gasteiger partial charge in [-0.05, 0) is 45.2 Å². The van der Waals surface area contributed by atoms with E-state index in [2.05, 4.69) is 10.4 Å². The zero-order valence-corrected chi connectivity index (χ0v) is 17.1. The van der Waals surface area contributed by atoms with Gasteiger partial charge in [0.05, 0.1) is 17.0 Å². The number of halogens is 2. The van der Waals surface area contributed by atoms with Gasteiger partial charge in [0, 0.05) is 11.6 Å². The molecule has 1 amide bonds. The number of nitrogens with one attached hydrogen (secondary N) is 1. The van der Waals surface area contributed by atoms with Crippen LogP contribution in [0.4, 0.5) is 13.8 Å². The molecule has 2 aromatic heterocycles. The molecular weight excluding hydrogens is 404 g/mol. The maximum Gasteiger partial charge on any atom is 0.341 e. The number of thiophene rings is 1. The number of carbonyl (C=O) groups is 3. The van der Waals surface area contributed by atoms with Crippen LogP contribution in [-0.2, 0) is 16.1 Å². The Morgan fingerprint density at radius 2 is 2.07 bits per heavy atom. The van der Waals surface area contributed by atoms with Gasteiger partial charge >= 0.3 is 5.97 Å². The van der Waals surface area contributed by atoms with Gasteiger partial charge in [0.1, 0.15) is 17.2 Å². The van der Waals surface area contributed by atoms with Crippen molar-refractivity contribution < 1.29 is 27.9 Å². The summed E-state index contributed by atoms with van der Waals surface area (Å²) in [6.45, 7) is 4.51. The van der Waals surface area contributed by atoms with Crippen LogP contribution in [0.1, 0.15) is 76.0 Å². The molecule has 29 heavy (non-hydrogen) atoms. The molecule has 7 nitrogen and oxygen atoms in total. The van der Waals surface area contributed by atoms with Gasteiger partial charge in [-0.1, -0.05) is 0 Å². The quantitative estimate of drug-likeness (QED) is 0.508. The zero-order valence-electron chi connectivity index (χ0n) is 16.3. The summed E-state index contributed by atoms with van der Waals surface area (Å²) >= 11 is 0.988. The molecule has 0 unspecified atom stereocenters. The number of Topliss-reactive ketones (excluding diaryl/α,β-unsaturated/α-hetero) is 1. The molecule has 2 aromatic rings. The topological polar surface area (TPSA) is 90.3 Å². The smallest absolute Gasteiger partial charge is 0.341 e. The molecule has 3 rings (SSSR count). The second-order valence-electron chi connectivity index (χ2n) is 6.81. The van der Waals surface area contributed by atoms with Crippen molar-refractivity contribution in [1.29, 1.82) is 0 Å². The van der Waals surface area contributed by atoms with Crippen LogP contribution in [0.25, 0.3) is 0 Å². The third-order valence-corrected chi connectivity index (χ3v) is 5.85. The minimum atomic E-state index is -2.72. The lowest BCUT2D eigenvalue weighted by atomic mass is 10.1. The molecule has 2 heterocycles. The fourth-order valence-corrected chi connectivity index (χ4v) is 4.19. The van der Waals surface area contributed by atoms with Crippen molar-refractivity contribution in [2.45, 2.75) is 52.5 Å². The summed E-state index contributed by atoms with van der Waals surface area (Å²) in [6.07, 6.45) is -0.977. The van der Waals surface area contributed by atoms with Crippen molar-refractivity contribution in [2.24, 2.45) is 0 Å². The number of anilines is 1. The Morgan fingerprint density at radius 1 is 1.38 bits per heavy atom. The standard InChI is InChI=1S/C19H21F2N3O4S/c1-4-28-19(27)15-9(2)16(10(3)25)29-18(15)22-14(26)8-24-13(11-5-6-11)7-12(23-24)17(20)21/h7,11,17H,4-6,8H2,1-3H3,(H,22,26). The molecule has 1 saturated carbocycles. The number of ether oxygens (including phenoxy) is 1. The number of aromatic nitrogens is 2. The molecule has 0 saturated heterocycles. The minimum absolute atomic E-state index is 0.131. The highest BCUT2D eigenvalue weighted by Crippen LogP contribution is 2.41. The predicted molar refractivity (Wildman–Crippen MR) is 103 cm³/mol. The Hall–Kier alpha value is -2.62. The van der Waals surface area contributed by atoms with E-state index in [-0.39, 0.29) is 41.1 Å². The summed E-state index contributed by atoms with van der Waals surface area (Å²) in [7, 11) is 0. The highest BCUT2D eigenvalue weighted by atomic mass is 32.1. The van der Waals surface area contributed by atoms with Crippen molar-refractivity contribution in [3.63, 3.8) is 0 Å². The third-order valence-electron chi connectivity index (χ3n) is 4.54. The minimum Gasteiger partial charge on any atom is -0.462 e. The number of nitrogens with zero attached hydrogens (tertiary/aromatic N) is 2. The first-order valence-corrected chi connectivity index (χ1v) is 10.0. The van der Waals surface area contributed by atoms with Crippen LogP contribution < -0.4 is 5.32 Å². The SMILES string of the molecule is CCOC(=O)c1c(NC(=O)Cn2nc(C(F)F)cc2C2CC2)sc(C(C)=O)c1C. The van der Waals surface area contributed by atoms with Crippen molar-refractivity contribution in [3.05, 3.63) is 33.5 Å². The molecular formula is C19H21F2N3O4S. The second-order valence-corrected chi connectivity index (χ2v) is 7.83. The van der Waals surface area contributed by atoms with Gasteiger partial charge in [-0.3, -0.25) is 14.3 Å². The number of carbonyl (C=O) groups excluding carboxylic acids is 3. The molecule has 0 bridgehead atoms. The second kappa shape index (κ2) is 8.40. The lowest BCUT2D eigenvalue weighted by Crippen LogP contribution is -2.21. The van der Waals surface area contributed by atoms with Crippen LogP contribution in [0, 0.1) is 6.92 Å². The van der Waals surface area contributed by atoms with E-state index >= 15 is 0 Å². The number of amides is 1. The number of alkyl halides is 2. The van der Waals surface area contributed by atoms with E-state index in [1.54, 1.807) is 13.8 Å². The number of rotatable bonds is 8. The van der Waals surface area contributed by atoms with Crippen LogP contribution in [0.2, 0.25) is 0 Å². The van der Waals surface area contributed by atoms with Gasteiger partial charge in [0.25, 0.3) is 6.43 Å². The third kappa shape index (κ3) is 4.52. The highest BCUT2D eigenvalue weighted by Gasteiger charge is 2.31. The highest BCUT2D eigenvalue weighted by molar-refractivity contribution is 7.18. The Kier molecular flexibility index (Phi) is 6.11. The van der Waals surface area contributed by atoms with Crippen LogP contribution in [0.15, 0.2) is 6.07 Å². The van der Waals surface area contributed by atoms with Gasteiger partial charge in [0.15, 0.2) is 5.78 Å². The van der Waals surface area contributed by atoms with Gasteiger partial charge < -0.3 is 10.1 Å². The first kappa shape index (κ1) is 21.1. The zero-order chi connectivity index (χ0) is 21.3. The summed E-state index contributed by atoms with van der Waals surface area (Å²) in [5.41, 5.74) is 0.811. The van der Waals surface area contributed by atoms with Gasteiger partial charge in [-0.25, -0.2) is 13.6 Å². The molecule has 10 heteroatoms. The first-order chi connectivity index (χ1) is 13.7. The van der Waals surface area contributed by atoms with E-state index in [1.807, 2.05) is 0 Å². The van der Waals surface area contributed by atoms with E-state index in [0.717, 1.165) is 24.2 Å². The van der Waals surface area contributed by atoms with Gasteiger partial charge in [0.2, 0.25) is 5.91 Å². The van der Waals surface area contributed by atoms with Crippen molar-refractivity contribution in [1.82, 2.24) is 9.78 Å². The summed E-state index contributed by atoms with van der Waals surface area (Å²) in [6, 6.07) is 1.34. The van der Waals surface area contributed by atoms with E-state index in [9.17, 15) is 23.2 Å². The summed E-state index contributed by atoms with van der Waals surface area (Å²) < 4.78 is 32.3. The number of hydrogen-bond donors (Lipinski definition) is 1.